The maximum absolute atomic E-state index is 12.9. The van der Waals surface area contributed by atoms with Gasteiger partial charge in [-0.25, -0.2) is 4.79 Å². The molecule has 1 aromatic carbocycles. The van der Waals surface area contributed by atoms with Gasteiger partial charge in [0, 0.05) is 37.9 Å². The molecule has 3 aliphatic heterocycles. The van der Waals surface area contributed by atoms with Gasteiger partial charge in [-0.05, 0) is 49.9 Å². The van der Waals surface area contributed by atoms with Crippen molar-refractivity contribution in [3.8, 4) is 0 Å². The number of benzene rings is 1. The van der Waals surface area contributed by atoms with Crippen molar-refractivity contribution in [3.05, 3.63) is 29.8 Å². The SMILES string of the molecule is CN1CC2(CCCN(C(=O)c3ccc(N4CCCC4)cc3)C2)OC1=O. The van der Waals surface area contributed by atoms with Crippen LogP contribution in [0.5, 0.6) is 0 Å². The van der Waals surface area contributed by atoms with Crippen LogP contribution in [0.1, 0.15) is 36.0 Å². The molecule has 0 saturated carbocycles. The van der Waals surface area contributed by atoms with Gasteiger partial charge in [-0.1, -0.05) is 0 Å². The lowest BCUT2D eigenvalue weighted by atomic mass is 9.92. The molecule has 1 spiro atoms. The Kier molecular flexibility index (Phi) is 4.06. The quantitative estimate of drug-likeness (QED) is 0.827. The summed E-state index contributed by atoms with van der Waals surface area (Å²) >= 11 is 0. The van der Waals surface area contributed by atoms with Gasteiger partial charge in [0.1, 0.15) is 5.60 Å². The Morgan fingerprint density at radius 2 is 1.76 bits per heavy atom. The molecule has 0 aromatic heterocycles. The smallest absolute Gasteiger partial charge is 0.410 e. The third-order valence-corrected chi connectivity index (χ3v) is 5.55. The highest BCUT2D eigenvalue weighted by Gasteiger charge is 2.47. The number of carbonyl (C=O) groups is 2. The van der Waals surface area contributed by atoms with Crippen LogP contribution in [0.15, 0.2) is 24.3 Å². The van der Waals surface area contributed by atoms with Crippen molar-refractivity contribution in [1.29, 1.82) is 0 Å². The highest BCUT2D eigenvalue weighted by molar-refractivity contribution is 5.94. The van der Waals surface area contributed by atoms with Gasteiger partial charge in [0.25, 0.3) is 5.91 Å². The number of anilines is 1. The molecule has 3 heterocycles. The minimum atomic E-state index is -0.533. The maximum atomic E-state index is 12.9. The van der Waals surface area contributed by atoms with Crippen LogP contribution in [0.2, 0.25) is 0 Å². The van der Waals surface area contributed by atoms with Gasteiger partial charge in [-0.3, -0.25) is 4.79 Å². The van der Waals surface area contributed by atoms with Crippen LogP contribution in [0.3, 0.4) is 0 Å². The first kappa shape index (κ1) is 16.2. The molecule has 3 fully saturated rings. The number of hydrogen-bond acceptors (Lipinski definition) is 4. The van der Waals surface area contributed by atoms with Gasteiger partial charge in [0.15, 0.2) is 0 Å². The van der Waals surface area contributed by atoms with Crippen LogP contribution < -0.4 is 4.90 Å². The molecule has 0 bridgehead atoms. The summed E-state index contributed by atoms with van der Waals surface area (Å²) in [6, 6.07) is 7.93. The summed E-state index contributed by atoms with van der Waals surface area (Å²) in [6.07, 6.45) is 3.87. The second-order valence-corrected chi connectivity index (χ2v) is 7.48. The van der Waals surface area contributed by atoms with Crippen molar-refractivity contribution in [2.45, 2.75) is 31.3 Å². The van der Waals surface area contributed by atoms with Gasteiger partial charge in [-0.15, -0.1) is 0 Å². The number of likely N-dealkylation sites (N-methyl/N-ethyl adjacent to an activating group) is 1. The first-order valence-electron chi connectivity index (χ1n) is 9.15. The lowest BCUT2D eigenvalue weighted by Crippen LogP contribution is -2.52. The second kappa shape index (κ2) is 6.24. The number of likely N-dealkylation sites (tertiary alicyclic amines) is 1. The van der Waals surface area contributed by atoms with Gasteiger partial charge in [0.2, 0.25) is 0 Å². The zero-order valence-corrected chi connectivity index (χ0v) is 14.7. The van der Waals surface area contributed by atoms with Gasteiger partial charge >= 0.3 is 6.09 Å². The Bertz CT molecular complexity index is 669. The van der Waals surface area contributed by atoms with Crippen LogP contribution >= 0.6 is 0 Å². The molecule has 3 aliphatic rings. The van der Waals surface area contributed by atoms with E-state index in [-0.39, 0.29) is 12.0 Å². The van der Waals surface area contributed by atoms with E-state index < -0.39 is 5.60 Å². The summed E-state index contributed by atoms with van der Waals surface area (Å²) in [6.45, 7) is 3.96. The predicted molar refractivity (Wildman–Crippen MR) is 94.9 cm³/mol. The fourth-order valence-electron chi connectivity index (χ4n) is 4.25. The first-order valence-corrected chi connectivity index (χ1v) is 9.15. The molecule has 2 amide bonds. The number of piperidine rings is 1. The molecule has 0 radical (unpaired) electrons. The summed E-state index contributed by atoms with van der Waals surface area (Å²) in [5, 5.41) is 0. The standard InChI is InChI=1S/C19H25N3O3/c1-20-13-19(25-18(20)24)9-4-12-22(14-19)17(23)15-5-7-16(8-6-15)21-10-2-3-11-21/h5-8H,2-4,9-14H2,1H3. The molecule has 1 atom stereocenters. The van der Waals surface area contributed by atoms with Crippen LogP contribution in [0, 0.1) is 0 Å². The van der Waals surface area contributed by atoms with Crippen molar-refractivity contribution in [1.82, 2.24) is 9.80 Å². The summed E-state index contributed by atoms with van der Waals surface area (Å²) in [4.78, 5) is 30.4. The van der Waals surface area contributed by atoms with Crippen molar-refractivity contribution < 1.29 is 14.3 Å². The molecule has 25 heavy (non-hydrogen) atoms. The fourth-order valence-corrected chi connectivity index (χ4v) is 4.25. The van der Waals surface area contributed by atoms with E-state index in [1.807, 2.05) is 29.2 Å². The van der Waals surface area contributed by atoms with E-state index in [1.165, 1.54) is 18.5 Å². The van der Waals surface area contributed by atoms with Gasteiger partial charge in [0.05, 0.1) is 13.1 Å². The Labute approximate surface area is 148 Å². The minimum absolute atomic E-state index is 0.0256. The Hall–Kier alpha value is -2.24. The third-order valence-electron chi connectivity index (χ3n) is 5.55. The predicted octanol–water partition coefficient (Wildman–Crippen LogP) is 2.34. The second-order valence-electron chi connectivity index (χ2n) is 7.48. The van der Waals surface area contributed by atoms with E-state index >= 15 is 0 Å². The highest BCUT2D eigenvalue weighted by Crippen LogP contribution is 2.32. The first-order chi connectivity index (χ1) is 12.1. The Morgan fingerprint density at radius 1 is 1.04 bits per heavy atom. The molecule has 1 aromatic rings. The van der Waals surface area contributed by atoms with Crippen molar-refractivity contribution in [2.75, 3.05) is 44.7 Å². The minimum Gasteiger partial charge on any atom is -0.439 e. The summed E-state index contributed by atoms with van der Waals surface area (Å²) in [7, 11) is 1.74. The lowest BCUT2D eigenvalue weighted by Gasteiger charge is -2.38. The van der Waals surface area contributed by atoms with Crippen LogP contribution in [-0.2, 0) is 4.74 Å². The van der Waals surface area contributed by atoms with E-state index in [2.05, 4.69) is 4.90 Å². The molecular weight excluding hydrogens is 318 g/mol. The van der Waals surface area contributed by atoms with Gasteiger partial charge < -0.3 is 19.4 Å². The lowest BCUT2D eigenvalue weighted by molar-refractivity contribution is -0.00521. The molecule has 6 nitrogen and oxygen atoms in total. The molecule has 0 N–H and O–H groups in total. The summed E-state index contributed by atoms with van der Waals surface area (Å²) < 4.78 is 5.59. The van der Waals surface area contributed by atoms with Crippen molar-refractivity contribution in [3.63, 3.8) is 0 Å². The number of amides is 2. The number of ether oxygens (including phenoxy) is 1. The maximum Gasteiger partial charge on any atom is 0.410 e. The number of hydrogen-bond donors (Lipinski definition) is 0. The van der Waals surface area contributed by atoms with Crippen molar-refractivity contribution in [2.24, 2.45) is 0 Å². The van der Waals surface area contributed by atoms with E-state index in [4.69, 9.17) is 4.74 Å². The number of rotatable bonds is 2. The topological polar surface area (TPSA) is 53.1 Å². The van der Waals surface area contributed by atoms with E-state index in [0.29, 0.717) is 18.7 Å². The molecule has 4 rings (SSSR count). The average Bonchev–Trinajstić information content (AvgIpc) is 3.24. The van der Waals surface area contributed by atoms with Crippen molar-refractivity contribution >= 4 is 17.7 Å². The zero-order valence-electron chi connectivity index (χ0n) is 14.7. The summed E-state index contributed by atoms with van der Waals surface area (Å²) in [5.41, 5.74) is 1.36. The van der Waals surface area contributed by atoms with Crippen LogP contribution in [-0.4, -0.2) is 67.2 Å². The van der Waals surface area contributed by atoms with Crippen LogP contribution in [0.25, 0.3) is 0 Å². The molecule has 1 unspecified atom stereocenters. The normalized spacial score (nSPS) is 26.4. The van der Waals surface area contributed by atoms with Gasteiger partial charge in [-0.2, -0.15) is 0 Å². The largest absolute Gasteiger partial charge is 0.439 e. The third kappa shape index (κ3) is 3.05. The average molecular weight is 343 g/mol. The molecule has 6 heteroatoms. The molecule has 134 valence electrons. The highest BCUT2D eigenvalue weighted by atomic mass is 16.6. The Balaban J connectivity index is 1.46. The molecular formula is C19H25N3O3. The monoisotopic (exact) mass is 343 g/mol. The van der Waals surface area contributed by atoms with E-state index in [9.17, 15) is 9.59 Å². The number of nitrogens with zero attached hydrogens (tertiary/aromatic N) is 3. The fraction of sp³-hybridized carbons (Fsp3) is 0.579. The Morgan fingerprint density at radius 3 is 2.40 bits per heavy atom. The molecule has 3 saturated heterocycles. The molecule has 0 aliphatic carbocycles. The van der Waals surface area contributed by atoms with E-state index in [0.717, 1.165) is 32.5 Å². The zero-order chi connectivity index (χ0) is 17.4. The van der Waals surface area contributed by atoms with Crippen LogP contribution in [0.4, 0.5) is 10.5 Å². The van der Waals surface area contributed by atoms with E-state index in [1.54, 1.807) is 11.9 Å². The number of carbonyl (C=O) groups excluding carboxylic acids is 2. The summed E-state index contributed by atoms with van der Waals surface area (Å²) in [5.74, 6) is 0.0256.